The number of nitro benzene ring substituents is 1. The van der Waals surface area contributed by atoms with Gasteiger partial charge in [-0.3, -0.25) is 10.1 Å². The highest BCUT2D eigenvalue weighted by Crippen LogP contribution is 2.34. The van der Waals surface area contributed by atoms with Gasteiger partial charge in [-0.05, 0) is 25.1 Å². The second-order valence-electron chi connectivity index (χ2n) is 7.20. The number of nitro groups is 1. The van der Waals surface area contributed by atoms with Crippen LogP contribution in [0.15, 0.2) is 48.5 Å². The zero-order valence-electron chi connectivity index (χ0n) is 16.9. The second kappa shape index (κ2) is 8.06. The average Bonchev–Trinajstić information content (AvgIpc) is 3.38. The van der Waals surface area contributed by atoms with Crippen LogP contribution in [0.5, 0.6) is 5.75 Å². The van der Waals surface area contributed by atoms with Crippen LogP contribution in [-0.2, 0) is 22.7 Å². The van der Waals surface area contributed by atoms with Gasteiger partial charge in [0, 0.05) is 28.6 Å². The molecule has 1 aliphatic heterocycles. The highest BCUT2D eigenvalue weighted by Gasteiger charge is 2.23. The van der Waals surface area contributed by atoms with Gasteiger partial charge in [-0.2, -0.15) is 5.10 Å². The van der Waals surface area contributed by atoms with E-state index in [1.165, 1.54) is 23.5 Å². The third kappa shape index (κ3) is 3.59. The average molecular weight is 451 g/mol. The molecule has 0 aliphatic carbocycles. The SMILES string of the molecule is Cc1nn(-c2ccccc2)c2sc(C(=O)OCc3cc([N+](=O)[O-])cc4c3OCOC4)cc12. The molecule has 4 aromatic rings. The van der Waals surface area contributed by atoms with Gasteiger partial charge in [-0.15, -0.1) is 11.3 Å². The molecule has 0 saturated carbocycles. The number of para-hydroxylation sites is 1. The first-order valence-corrected chi connectivity index (χ1v) is 10.6. The third-order valence-corrected chi connectivity index (χ3v) is 6.18. The zero-order chi connectivity index (χ0) is 22.2. The number of fused-ring (bicyclic) bond motifs is 2. The van der Waals surface area contributed by atoms with Crippen molar-refractivity contribution in [3.8, 4) is 11.4 Å². The quantitative estimate of drug-likeness (QED) is 0.249. The number of rotatable bonds is 5. The summed E-state index contributed by atoms with van der Waals surface area (Å²) in [4.78, 5) is 24.8. The first kappa shape index (κ1) is 20.2. The lowest BCUT2D eigenvalue weighted by molar-refractivity contribution is -0.385. The molecule has 2 aromatic carbocycles. The largest absolute Gasteiger partial charge is 0.467 e. The maximum atomic E-state index is 12.8. The highest BCUT2D eigenvalue weighted by atomic mass is 32.1. The van der Waals surface area contributed by atoms with Crippen molar-refractivity contribution >= 4 is 33.2 Å². The number of non-ortho nitro benzene ring substituents is 1. The molecule has 32 heavy (non-hydrogen) atoms. The summed E-state index contributed by atoms with van der Waals surface area (Å²) in [5.74, 6) is -0.0564. The summed E-state index contributed by atoms with van der Waals surface area (Å²) in [6.45, 7) is 1.97. The van der Waals surface area contributed by atoms with Gasteiger partial charge in [0.15, 0.2) is 6.79 Å². The van der Waals surface area contributed by atoms with E-state index < -0.39 is 10.9 Å². The molecule has 0 N–H and O–H groups in total. The molecule has 10 heteroatoms. The number of carbonyl (C=O) groups excluding carboxylic acids is 1. The molecule has 0 atom stereocenters. The maximum Gasteiger partial charge on any atom is 0.348 e. The fraction of sp³-hybridized carbons (Fsp3) is 0.182. The van der Waals surface area contributed by atoms with Crippen LogP contribution < -0.4 is 4.74 Å². The van der Waals surface area contributed by atoms with Gasteiger partial charge in [-0.1, -0.05) is 18.2 Å². The molecule has 0 radical (unpaired) electrons. The minimum atomic E-state index is -0.516. The summed E-state index contributed by atoms with van der Waals surface area (Å²) in [6, 6.07) is 14.2. The minimum absolute atomic E-state index is 0.0390. The highest BCUT2D eigenvalue weighted by molar-refractivity contribution is 7.20. The molecule has 0 fully saturated rings. The number of esters is 1. The van der Waals surface area contributed by atoms with Gasteiger partial charge < -0.3 is 14.2 Å². The van der Waals surface area contributed by atoms with Crippen LogP contribution in [0.4, 0.5) is 5.69 Å². The summed E-state index contributed by atoms with van der Waals surface area (Å²) in [7, 11) is 0. The summed E-state index contributed by atoms with van der Waals surface area (Å²) in [6.07, 6.45) is 0. The molecule has 1 aliphatic rings. The smallest absolute Gasteiger partial charge is 0.348 e. The number of hydrogen-bond donors (Lipinski definition) is 0. The van der Waals surface area contributed by atoms with E-state index in [-0.39, 0.29) is 25.7 Å². The predicted molar refractivity (Wildman–Crippen MR) is 116 cm³/mol. The van der Waals surface area contributed by atoms with Crippen LogP contribution in [0.3, 0.4) is 0 Å². The van der Waals surface area contributed by atoms with Crippen molar-refractivity contribution in [3.63, 3.8) is 0 Å². The molecule has 0 spiro atoms. The monoisotopic (exact) mass is 451 g/mol. The molecule has 162 valence electrons. The third-order valence-electron chi connectivity index (χ3n) is 5.09. The Bertz CT molecular complexity index is 1340. The molecule has 9 nitrogen and oxygen atoms in total. The number of ether oxygens (including phenoxy) is 3. The fourth-order valence-corrected chi connectivity index (χ4v) is 4.68. The predicted octanol–water partition coefficient (Wildman–Crippen LogP) is 4.53. The van der Waals surface area contributed by atoms with E-state index in [1.54, 1.807) is 10.7 Å². The molecule has 0 unspecified atom stereocenters. The number of hydrogen-bond acceptors (Lipinski definition) is 8. The van der Waals surface area contributed by atoms with Crippen molar-refractivity contribution in [3.05, 3.63) is 80.3 Å². The van der Waals surface area contributed by atoms with E-state index in [9.17, 15) is 14.9 Å². The van der Waals surface area contributed by atoms with E-state index in [1.807, 2.05) is 37.3 Å². The Hall–Kier alpha value is -3.76. The van der Waals surface area contributed by atoms with Crippen molar-refractivity contribution in [2.45, 2.75) is 20.1 Å². The summed E-state index contributed by atoms with van der Waals surface area (Å²) < 4.78 is 18.0. The van der Waals surface area contributed by atoms with E-state index in [4.69, 9.17) is 14.2 Å². The molecule has 3 heterocycles. The number of carbonyl (C=O) groups is 1. The first-order chi connectivity index (χ1) is 15.5. The van der Waals surface area contributed by atoms with E-state index >= 15 is 0 Å². The van der Waals surface area contributed by atoms with Crippen LogP contribution in [0.25, 0.3) is 15.9 Å². The van der Waals surface area contributed by atoms with Gasteiger partial charge in [0.1, 0.15) is 22.1 Å². The lowest BCUT2D eigenvalue weighted by atomic mass is 10.1. The molecule has 0 amide bonds. The van der Waals surface area contributed by atoms with Crippen LogP contribution in [0.1, 0.15) is 26.5 Å². The Labute approximate surface area is 185 Å². The zero-order valence-corrected chi connectivity index (χ0v) is 17.8. The number of aromatic nitrogens is 2. The van der Waals surface area contributed by atoms with E-state index in [0.717, 1.165) is 21.6 Å². The fourth-order valence-electron chi connectivity index (χ4n) is 3.60. The second-order valence-corrected chi connectivity index (χ2v) is 8.23. The number of aryl methyl sites for hydroxylation is 1. The minimum Gasteiger partial charge on any atom is -0.467 e. The van der Waals surface area contributed by atoms with Crippen molar-refractivity contribution in [2.75, 3.05) is 6.79 Å². The summed E-state index contributed by atoms with van der Waals surface area (Å²) in [5.41, 5.74) is 2.58. The molecule has 2 aromatic heterocycles. The van der Waals surface area contributed by atoms with Gasteiger partial charge in [0.2, 0.25) is 0 Å². The summed E-state index contributed by atoms with van der Waals surface area (Å²) in [5, 5.41) is 16.7. The van der Waals surface area contributed by atoms with E-state index in [2.05, 4.69) is 5.10 Å². The Morgan fingerprint density at radius 2 is 2.09 bits per heavy atom. The molecule has 5 rings (SSSR count). The van der Waals surface area contributed by atoms with Gasteiger partial charge in [0.25, 0.3) is 5.69 Å². The van der Waals surface area contributed by atoms with Crippen molar-refractivity contribution in [2.24, 2.45) is 0 Å². The normalized spacial score (nSPS) is 12.9. The Balaban J connectivity index is 1.42. The molecule has 0 saturated heterocycles. The van der Waals surface area contributed by atoms with Crippen molar-refractivity contribution < 1.29 is 23.9 Å². The van der Waals surface area contributed by atoms with Crippen LogP contribution in [0, 0.1) is 17.0 Å². The Morgan fingerprint density at radius 1 is 1.28 bits per heavy atom. The number of nitrogens with zero attached hydrogens (tertiary/aromatic N) is 3. The Morgan fingerprint density at radius 3 is 2.88 bits per heavy atom. The lowest BCUT2D eigenvalue weighted by Gasteiger charge is -2.20. The first-order valence-electron chi connectivity index (χ1n) is 9.73. The van der Waals surface area contributed by atoms with Gasteiger partial charge in [0.05, 0.1) is 22.9 Å². The van der Waals surface area contributed by atoms with Crippen LogP contribution in [0.2, 0.25) is 0 Å². The molecular formula is C22H17N3O6S. The van der Waals surface area contributed by atoms with Crippen LogP contribution in [-0.4, -0.2) is 27.5 Å². The molecular weight excluding hydrogens is 434 g/mol. The van der Waals surface area contributed by atoms with Crippen molar-refractivity contribution in [1.82, 2.24) is 9.78 Å². The van der Waals surface area contributed by atoms with Crippen molar-refractivity contribution in [1.29, 1.82) is 0 Å². The van der Waals surface area contributed by atoms with E-state index in [0.29, 0.717) is 21.8 Å². The lowest BCUT2D eigenvalue weighted by Crippen LogP contribution is -2.14. The summed E-state index contributed by atoms with van der Waals surface area (Å²) >= 11 is 1.29. The van der Waals surface area contributed by atoms with Crippen LogP contribution >= 0.6 is 11.3 Å². The standard InChI is InChI=1S/C22H17N3O6S/c1-13-18-9-19(32-21(18)24(23-13)16-5-3-2-4-6-16)22(26)30-11-15-8-17(25(27)28)7-14-10-29-12-31-20(14)15/h2-9H,10-12H2,1H3. The topological polar surface area (TPSA) is 106 Å². The maximum absolute atomic E-state index is 12.8. The number of benzene rings is 2. The molecule has 0 bridgehead atoms. The Kier molecular flexibility index (Phi) is 5.08. The van der Waals surface area contributed by atoms with Gasteiger partial charge in [-0.25, -0.2) is 9.48 Å². The van der Waals surface area contributed by atoms with Gasteiger partial charge >= 0.3 is 5.97 Å². The number of thiophene rings is 1.